The Kier molecular flexibility index (Phi) is 7.29. The van der Waals surface area contributed by atoms with Gasteiger partial charge in [0.2, 0.25) is 0 Å². The molecule has 4 unspecified atom stereocenters. The zero-order chi connectivity index (χ0) is 20.1. The van der Waals surface area contributed by atoms with Gasteiger partial charge in [-0.3, -0.25) is 4.84 Å². The fraction of sp³-hybridized carbons (Fsp3) is 0.682. The van der Waals surface area contributed by atoms with Crippen LogP contribution in [0.3, 0.4) is 0 Å². The third kappa shape index (κ3) is 4.64. The first-order valence-corrected chi connectivity index (χ1v) is 10.1. The number of methoxy groups -OCH3 is 1. The van der Waals surface area contributed by atoms with Gasteiger partial charge in [-0.05, 0) is 51.0 Å². The summed E-state index contributed by atoms with van der Waals surface area (Å²) in [7, 11) is 1.42. The number of hydroxylamine groups is 2. The summed E-state index contributed by atoms with van der Waals surface area (Å²) in [6.07, 6.45) is 3.24. The monoisotopic (exact) mass is 376 g/mol. The molecule has 0 aliphatic carbocycles. The van der Waals surface area contributed by atoms with Gasteiger partial charge in [0.05, 0.1) is 13.7 Å². The molecule has 2 rings (SSSR count). The van der Waals surface area contributed by atoms with Crippen molar-refractivity contribution in [1.82, 2.24) is 10.4 Å². The Bertz CT molecular complexity index is 609. The number of nitrogens with zero attached hydrogens (tertiary/aromatic N) is 1. The van der Waals surface area contributed by atoms with E-state index in [2.05, 4.69) is 69.3 Å². The Hall–Kier alpha value is -1.59. The summed E-state index contributed by atoms with van der Waals surface area (Å²) in [4.78, 5) is 18.3. The lowest BCUT2D eigenvalue weighted by Crippen LogP contribution is -2.70. The molecule has 0 saturated carbocycles. The molecule has 1 aliphatic heterocycles. The number of rotatable bonds is 7. The quantitative estimate of drug-likeness (QED) is 0.758. The number of alkyl carbamates (subject to hydrolysis) is 1. The Balaban J connectivity index is 2.18. The average molecular weight is 377 g/mol. The number of carbonyl (C=O) groups is 1. The summed E-state index contributed by atoms with van der Waals surface area (Å²) in [5, 5.41) is 5.30. The van der Waals surface area contributed by atoms with Crippen LogP contribution in [0.25, 0.3) is 0 Å². The molecule has 27 heavy (non-hydrogen) atoms. The maximum atomic E-state index is 11.9. The van der Waals surface area contributed by atoms with Gasteiger partial charge in [-0.1, -0.05) is 51.1 Å². The van der Waals surface area contributed by atoms with Gasteiger partial charge >= 0.3 is 6.09 Å². The second-order valence-electron chi connectivity index (χ2n) is 8.16. The lowest BCUT2D eigenvalue weighted by Gasteiger charge is -2.59. The number of piperidine rings is 1. The van der Waals surface area contributed by atoms with E-state index in [9.17, 15) is 4.79 Å². The molecule has 4 atom stereocenters. The molecule has 0 aromatic heterocycles. The number of hydrogen-bond acceptors (Lipinski definition) is 4. The molecular weight excluding hydrogens is 340 g/mol. The van der Waals surface area contributed by atoms with Crippen molar-refractivity contribution in [2.45, 2.75) is 77.4 Å². The minimum atomic E-state index is -0.359. The highest BCUT2D eigenvalue weighted by atomic mass is 16.7. The standard InChI is InChI=1S/C22H36N2O3/c1-7-21(4)16-19(23-20(25)26-6)17(3)22(5,8-2)24(21)27-15-14-18-12-10-9-11-13-18/h9-13,17,19H,7-8,14-16H2,1-6H3,(H,23,25). The molecule has 1 aromatic carbocycles. The van der Waals surface area contributed by atoms with Crippen LogP contribution >= 0.6 is 0 Å². The smallest absolute Gasteiger partial charge is 0.407 e. The van der Waals surface area contributed by atoms with E-state index in [1.54, 1.807) is 0 Å². The minimum absolute atomic E-state index is 0.0568. The predicted molar refractivity (Wildman–Crippen MR) is 108 cm³/mol. The van der Waals surface area contributed by atoms with Crippen LogP contribution in [-0.4, -0.2) is 42.0 Å². The molecule has 1 aromatic rings. The molecule has 0 bridgehead atoms. The van der Waals surface area contributed by atoms with Gasteiger partial charge in [0.15, 0.2) is 0 Å². The summed E-state index contributed by atoms with van der Waals surface area (Å²) in [6.45, 7) is 11.7. The van der Waals surface area contributed by atoms with Crippen molar-refractivity contribution in [3.05, 3.63) is 35.9 Å². The number of amides is 1. The largest absolute Gasteiger partial charge is 0.453 e. The maximum absolute atomic E-state index is 11.9. The summed E-state index contributed by atoms with van der Waals surface area (Å²) in [5.41, 5.74) is 0.953. The fourth-order valence-electron chi connectivity index (χ4n) is 4.31. The van der Waals surface area contributed by atoms with Crippen LogP contribution in [0.5, 0.6) is 0 Å². The van der Waals surface area contributed by atoms with E-state index in [-0.39, 0.29) is 29.1 Å². The Morgan fingerprint density at radius 3 is 2.44 bits per heavy atom. The van der Waals surface area contributed by atoms with Crippen molar-refractivity contribution in [3.63, 3.8) is 0 Å². The molecule has 1 amide bonds. The third-order valence-electron chi connectivity index (χ3n) is 6.62. The van der Waals surface area contributed by atoms with Gasteiger partial charge < -0.3 is 10.1 Å². The number of ether oxygens (including phenoxy) is 1. The van der Waals surface area contributed by atoms with Crippen molar-refractivity contribution in [2.24, 2.45) is 5.92 Å². The van der Waals surface area contributed by atoms with Gasteiger partial charge in [-0.25, -0.2) is 4.79 Å². The van der Waals surface area contributed by atoms with Crippen LogP contribution in [-0.2, 0) is 16.0 Å². The van der Waals surface area contributed by atoms with E-state index >= 15 is 0 Å². The Morgan fingerprint density at radius 2 is 1.89 bits per heavy atom. The van der Waals surface area contributed by atoms with E-state index in [0.717, 1.165) is 25.7 Å². The first kappa shape index (κ1) is 21.7. The molecule has 5 heteroatoms. The second kappa shape index (κ2) is 9.07. The van der Waals surface area contributed by atoms with Crippen LogP contribution in [0.1, 0.15) is 59.4 Å². The highest BCUT2D eigenvalue weighted by Gasteiger charge is 2.54. The van der Waals surface area contributed by atoms with E-state index in [4.69, 9.17) is 9.57 Å². The summed E-state index contributed by atoms with van der Waals surface area (Å²) >= 11 is 0. The SMILES string of the molecule is CCC1(C)CC(NC(=O)OC)C(C)C(C)(CC)N1OCCc1ccccc1. The number of carbonyl (C=O) groups excluding carboxylic acids is 1. The van der Waals surface area contributed by atoms with Crippen LogP contribution < -0.4 is 5.32 Å². The minimum Gasteiger partial charge on any atom is -0.453 e. The Labute approximate surface area is 164 Å². The normalized spacial score (nSPS) is 31.5. The first-order chi connectivity index (χ1) is 12.8. The fourth-order valence-corrected chi connectivity index (χ4v) is 4.31. The zero-order valence-corrected chi connectivity index (χ0v) is 17.7. The predicted octanol–water partition coefficient (Wildman–Crippen LogP) is 4.56. The second-order valence-corrected chi connectivity index (χ2v) is 8.16. The Morgan fingerprint density at radius 1 is 1.22 bits per heavy atom. The molecule has 5 nitrogen and oxygen atoms in total. The van der Waals surface area contributed by atoms with E-state index in [1.165, 1.54) is 12.7 Å². The summed E-state index contributed by atoms with van der Waals surface area (Å²) in [5.74, 6) is 0.234. The summed E-state index contributed by atoms with van der Waals surface area (Å²) in [6, 6.07) is 10.5. The topological polar surface area (TPSA) is 50.8 Å². The van der Waals surface area contributed by atoms with Crippen molar-refractivity contribution in [3.8, 4) is 0 Å². The number of hydrogen-bond donors (Lipinski definition) is 1. The zero-order valence-electron chi connectivity index (χ0n) is 17.7. The molecule has 0 spiro atoms. The maximum Gasteiger partial charge on any atom is 0.407 e. The lowest BCUT2D eigenvalue weighted by atomic mass is 9.68. The summed E-state index contributed by atoms with van der Waals surface area (Å²) < 4.78 is 4.85. The average Bonchev–Trinajstić information content (AvgIpc) is 2.69. The van der Waals surface area contributed by atoms with Crippen molar-refractivity contribution in [1.29, 1.82) is 0 Å². The van der Waals surface area contributed by atoms with Crippen LogP contribution in [0.15, 0.2) is 30.3 Å². The third-order valence-corrected chi connectivity index (χ3v) is 6.62. The van der Waals surface area contributed by atoms with Gasteiger partial charge in [-0.15, -0.1) is 0 Å². The van der Waals surface area contributed by atoms with E-state index < -0.39 is 0 Å². The highest BCUT2D eigenvalue weighted by Crippen LogP contribution is 2.45. The van der Waals surface area contributed by atoms with Crippen molar-refractivity contribution < 1.29 is 14.4 Å². The molecule has 1 saturated heterocycles. The first-order valence-electron chi connectivity index (χ1n) is 10.1. The number of nitrogens with one attached hydrogen (secondary N) is 1. The lowest BCUT2D eigenvalue weighted by molar-refractivity contribution is -0.306. The van der Waals surface area contributed by atoms with Gasteiger partial charge in [0.25, 0.3) is 0 Å². The molecule has 1 aliphatic rings. The molecule has 152 valence electrons. The number of benzene rings is 1. The van der Waals surface area contributed by atoms with Crippen LogP contribution in [0.2, 0.25) is 0 Å². The molecule has 1 N–H and O–H groups in total. The van der Waals surface area contributed by atoms with E-state index in [0.29, 0.717) is 6.61 Å². The van der Waals surface area contributed by atoms with E-state index in [1.807, 2.05) is 6.07 Å². The molecule has 1 heterocycles. The van der Waals surface area contributed by atoms with Gasteiger partial charge in [-0.2, -0.15) is 5.06 Å². The highest BCUT2D eigenvalue weighted by molar-refractivity contribution is 5.67. The molecule has 1 fully saturated rings. The molecule has 0 radical (unpaired) electrons. The van der Waals surface area contributed by atoms with Gasteiger partial charge in [0, 0.05) is 17.1 Å². The van der Waals surface area contributed by atoms with Crippen LogP contribution in [0.4, 0.5) is 4.79 Å². The van der Waals surface area contributed by atoms with Crippen molar-refractivity contribution in [2.75, 3.05) is 13.7 Å². The molecular formula is C22H36N2O3. The van der Waals surface area contributed by atoms with Crippen LogP contribution in [0, 0.1) is 5.92 Å². The van der Waals surface area contributed by atoms with Crippen molar-refractivity contribution >= 4 is 6.09 Å². The van der Waals surface area contributed by atoms with Gasteiger partial charge in [0.1, 0.15) is 0 Å².